The van der Waals surface area contributed by atoms with Gasteiger partial charge in [0.15, 0.2) is 0 Å². The summed E-state index contributed by atoms with van der Waals surface area (Å²) in [5.74, 6) is -1.62. The van der Waals surface area contributed by atoms with E-state index in [1.54, 1.807) is 0 Å². The van der Waals surface area contributed by atoms with Gasteiger partial charge in [-0.25, -0.2) is 12.8 Å². The molecule has 2 aliphatic carbocycles. The summed E-state index contributed by atoms with van der Waals surface area (Å²) in [7, 11) is -1.84. The lowest BCUT2D eigenvalue weighted by Gasteiger charge is -2.37. The molecule has 0 radical (unpaired) electrons. The first-order valence-corrected chi connectivity index (χ1v) is 12.3. The summed E-state index contributed by atoms with van der Waals surface area (Å²) in [6.45, 7) is 1.55. The molecule has 11 heteroatoms. The first-order valence-electron chi connectivity index (χ1n) is 9.83. The lowest BCUT2D eigenvalue weighted by molar-refractivity contribution is -0.129. The number of hydrogen-bond donors (Lipinski definition) is 3. The van der Waals surface area contributed by atoms with Crippen molar-refractivity contribution in [2.24, 2.45) is 11.8 Å². The first-order chi connectivity index (χ1) is 13.2. The maximum absolute atomic E-state index is 14.6. The van der Waals surface area contributed by atoms with E-state index in [2.05, 4.69) is 20.5 Å². The minimum Gasteiger partial charge on any atom is -0.300 e. The predicted molar refractivity (Wildman–Crippen MR) is 107 cm³/mol. The van der Waals surface area contributed by atoms with Gasteiger partial charge in [0.25, 0.3) is 0 Å². The number of hydrogen-bond acceptors (Lipinski definition) is 5. The smallest absolute Gasteiger partial charge is 0.241 e. The second kappa shape index (κ2) is 9.31. The number of amides is 1. The average molecular weight is 459 g/mol. The van der Waals surface area contributed by atoms with E-state index in [0.717, 1.165) is 26.1 Å². The summed E-state index contributed by atoms with van der Waals surface area (Å²) < 4.78 is 39.6. The maximum Gasteiger partial charge on any atom is 0.241 e. The molecular formula is C17H29Cl2FN4O3S. The van der Waals surface area contributed by atoms with E-state index in [0.29, 0.717) is 25.7 Å². The third-order valence-electron chi connectivity index (χ3n) is 6.19. The van der Waals surface area contributed by atoms with Crippen molar-refractivity contribution in [2.75, 3.05) is 20.3 Å². The molecule has 0 aromatic rings. The molecular weight excluding hydrogens is 430 g/mol. The molecule has 7 atom stereocenters. The molecule has 1 amide bonds. The zero-order chi connectivity index (χ0) is 20.5. The molecule has 7 nitrogen and oxygen atoms in total. The summed E-state index contributed by atoms with van der Waals surface area (Å²) >= 11 is 12.4. The van der Waals surface area contributed by atoms with Crippen molar-refractivity contribution in [3.8, 4) is 0 Å². The number of nitrogens with one attached hydrogen (secondary N) is 3. The Bertz CT molecular complexity index is 671. The molecule has 0 aromatic carbocycles. The quantitative estimate of drug-likeness (QED) is 0.426. The van der Waals surface area contributed by atoms with Gasteiger partial charge < -0.3 is 0 Å². The van der Waals surface area contributed by atoms with Crippen molar-refractivity contribution >= 4 is 39.1 Å². The molecule has 3 rings (SSSR count). The van der Waals surface area contributed by atoms with Crippen molar-refractivity contribution in [3.63, 3.8) is 0 Å². The van der Waals surface area contributed by atoms with E-state index < -0.39 is 44.0 Å². The van der Waals surface area contributed by atoms with Crippen LogP contribution in [-0.2, 0) is 14.8 Å². The molecule has 0 bridgehead atoms. The first kappa shape index (κ1) is 22.5. The Morgan fingerprint density at radius 1 is 1.18 bits per heavy atom. The summed E-state index contributed by atoms with van der Waals surface area (Å²) in [5.41, 5.74) is 2.22. The van der Waals surface area contributed by atoms with Crippen molar-refractivity contribution in [1.82, 2.24) is 20.5 Å². The molecule has 7 unspecified atom stereocenters. The Hall–Kier alpha value is -0.190. The highest BCUT2D eigenvalue weighted by Crippen LogP contribution is 2.37. The third-order valence-corrected chi connectivity index (χ3v) is 9.03. The fraction of sp³-hybridized carbons (Fsp3) is 0.941. The maximum atomic E-state index is 14.6. The van der Waals surface area contributed by atoms with Gasteiger partial charge in [0, 0.05) is 19.3 Å². The highest BCUT2D eigenvalue weighted by Gasteiger charge is 2.45. The minimum absolute atomic E-state index is 0.0531. The van der Waals surface area contributed by atoms with Crippen LogP contribution in [0.15, 0.2) is 0 Å². The summed E-state index contributed by atoms with van der Waals surface area (Å²) in [6, 6.07) is 0.144. The number of hydrazine groups is 1. The summed E-state index contributed by atoms with van der Waals surface area (Å²) in [5, 5.41) is 1.33. The standard InChI is InChI=1S/C17H29Cl2FN4O3S/c1-24-8-14(21-9-24)10-6-11(16(20)13(19)7-10)17(25)22-23-28(26,27)15-5-3-2-4-12(15)18/h10-16,21,23H,2-9H2,1H3,(H,22,25). The summed E-state index contributed by atoms with van der Waals surface area (Å²) in [4.78, 5) is 16.8. The number of sulfonamides is 1. The van der Waals surface area contributed by atoms with Crippen LogP contribution in [0.3, 0.4) is 0 Å². The fourth-order valence-corrected chi connectivity index (χ4v) is 7.04. The van der Waals surface area contributed by atoms with E-state index in [-0.39, 0.29) is 12.0 Å². The Morgan fingerprint density at radius 3 is 2.54 bits per heavy atom. The number of likely N-dealkylation sites (N-methyl/N-ethyl adjacent to an activating group) is 1. The Kier molecular flexibility index (Phi) is 7.48. The molecule has 0 aromatic heterocycles. The van der Waals surface area contributed by atoms with Gasteiger partial charge in [-0.1, -0.05) is 12.8 Å². The SMILES string of the molecule is CN1CNC(C2CC(Cl)C(F)C(C(=O)NNS(=O)(=O)C3CCCCC3Cl)C2)C1. The van der Waals surface area contributed by atoms with Crippen LogP contribution in [0, 0.1) is 11.8 Å². The van der Waals surface area contributed by atoms with Gasteiger partial charge in [-0.05, 0) is 38.6 Å². The van der Waals surface area contributed by atoms with E-state index in [1.165, 1.54) is 0 Å². The van der Waals surface area contributed by atoms with Crippen molar-refractivity contribution in [1.29, 1.82) is 0 Å². The minimum atomic E-state index is -3.82. The highest BCUT2D eigenvalue weighted by atomic mass is 35.5. The van der Waals surface area contributed by atoms with Crippen LogP contribution in [0.5, 0.6) is 0 Å². The van der Waals surface area contributed by atoms with Gasteiger partial charge in [0.1, 0.15) is 6.17 Å². The number of nitrogens with zero attached hydrogens (tertiary/aromatic N) is 1. The Balaban J connectivity index is 1.60. The molecule has 2 saturated carbocycles. The van der Waals surface area contributed by atoms with Crippen molar-refractivity contribution in [3.05, 3.63) is 0 Å². The number of alkyl halides is 3. The van der Waals surface area contributed by atoms with Crippen molar-refractivity contribution < 1.29 is 17.6 Å². The zero-order valence-corrected chi connectivity index (χ0v) is 18.2. The van der Waals surface area contributed by atoms with Gasteiger partial charge in [-0.15, -0.1) is 28.0 Å². The topological polar surface area (TPSA) is 90.5 Å². The van der Waals surface area contributed by atoms with Gasteiger partial charge >= 0.3 is 0 Å². The van der Waals surface area contributed by atoms with E-state index in [4.69, 9.17) is 23.2 Å². The number of halogens is 3. The number of carbonyl (C=O) groups is 1. The largest absolute Gasteiger partial charge is 0.300 e. The Labute approximate surface area is 176 Å². The lowest BCUT2D eigenvalue weighted by Crippen LogP contribution is -2.54. The molecule has 3 fully saturated rings. The predicted octanol–water partition coefficient (Wildman–Crippen LogP) is 1.32. The highest BCUT2D eigenvalue weighted by molar-refractivity contribution is 7.90. The molecule has 1 saturated heterocycles. The second-order valence-corrected chi connectivity index (χ2v) is 11.3. The van der Waals surface area contributed by atoms with Crippen LogP contribution >= 0.6 is 23.2 Å². The molecule has 1 heterocycles. The number of rotatable bonds is 5. The van der Waals surface area contributed by atoms with Crippen LogP contribution in [0.1, 0.15) is 38.5 Å². The molecule has 1 aliphatic heterocycles. The second-order valence-electron chi connectivity index (χ2n) is 8.28. The van der Waals surface area contributed by atoms with Crippen molar-refractivity contribution in [2.45, 2.75) is 66.7 Å². The van der Waals surface area contributed by atoms with Gasteiger partial charge in [-0.2, -0.15) is 0 Å². The molecule has 3 N–H and O–H groups in total. The van der Waals surface area contributed by atoms with Crippen LogP contribution in [0.25, 0.3) is 0 Å². The average Bonchev–Trinajstić information content (AvgIpc) is 3.08. The van der Waals surface area contributed by atoms with E-state index >= 15 is 0 Å². The third kappa shape index (κ3) is 5.10. The number of carbonyl (C=O) groups excluding carboxylic acids is 1. The normalized spacial score (nSPS) is 40.4. The zero-order valence-electron chi connectivity index (χ0n) is 15.9. The van der Waals surface area contributed by atoms with E-state index in [1.807, 2.05) is 7.05 Å². The molecule has 0 spiro atoms. The van der Waals surface area contributed by atoms with E-state index in [9.17, 15) is 17.6 Å². The van der Waals surface area contributed by atoms with Gasteiger partial charge in [0.05, 0.1) is 21.9 Å². The Morgan fingerprint density at radius 2 is 1.89 bits per heavy atom. The lowest BCUT2D eigenvalue weighted by atomic mass is 9.76. The molecule has 28 heavy (non-hydrogen) atoms. The fourth-order valence-electron chi connectivity index (χ4n) is 4.55. The monoisotopic (exact) mass is 458 g/mol. The van der Waals surface area contributed by atoms with Gasteiger partial charge in [-0.3, -0.25) is 20.4 Å². The van der Waals surface area contributed by atoms with Crippen LogP contribution in [0.4, 0.5) is 4.39 Å². The van der Waals surface area contributed by atoms with Crippen LogP contribution < -0.4 is 15.6 Å². The van der Waals surface area contributed by atoms with Crippen LogP contribution in [0.2, 0.25) is 0 Å². The molecule has 3 aliphatic rings. The summed E-state index contributed by atoms with van der Waals surface area (Å²) in [6.07, 6.45) is 2.02. The molecule has 162 valence electrons. The van der Waals surface area contributed by atoms with Crippen LogP contribution in [-0.4, -0.2) is 67.7 Å². The van der Waals surface area contributed by atoms with Gasteiger partial charge in [0.2, 0.25) is 15.9 Å².